The number of aryl methyl sites for hydroxylation is 1. The van der Waals surface area contributed by atoms with Gasteiger partial charge in [-0.05, 0) is 80.5 Å². The number of hydrogen-bond acceptors (Lipinski definition) is 4. The molecule has 2 amide bonds. The molecule has 6 rings (SSSR count). The van der Waals surface area contributed by atoms with Crippen molar-refractivity contribution in [3.05, 3.63) is 54.1 Å². The lowest BCUT2D eigenvalue weighted by Gasteiger charge is -2.20. The summed E-state index contributed by atoms with van der Waals surface area (Å²) in [5, 5.41) is 4.81. The van der Waals surface area contributed by atoms with Gasteiger partial charge in [0, 0.05) is 41.4 Å². The zero-order chi connectivity index (χ0) is 21.8. The number of rotatable bonds is 5. The number of hydrogen-bond donors (Lipinski definition) is 0. The summed E-state index contributed by atoms with van der Waals surface area (Å²) < 4.78 is 15.5. The van der Waals surface area contributed by atoms with Crippen molar-refractivity contribution < 1.29 is 14.0 Å². The summed E-state index contributed by atoms with van der Waals surface area (Å²) in [6.45, 7) is 0.841. The Hall–Kier alpha value is -3.35. The molecule has 0 bridgehead atoms. The van der Waals surface area contributed by atoms with Crippen molar-refractivity contribution in [1.82, 2.24) is 14.8 Å². The molecule has 0 unspecified atom stereocenters. The maximum Gasteiger partial charge on any atom is 0.238 e. The second kappa shape index (κ2) is 7.36. The number of aromatic nitrogens is 3. The van der Waals surface area contributed by atoms with Crippen LogP contribution in [-0.2, 0) is 22.6 Å². The van der Waals surface area contributed by atoms with Gasteiger partial charge in [0.25, 0.3) is 0 Å². The smallest absolute Gasteiger partial charge is 0.238 e. The van der Waals surface area contributed by atoms with Gasteiger partial charge in [0.1, 0.15) is 17.3 Å². The predicted molar refractivity (Wildman–Crippen MR) is 117 cm³/mol. The highest BCUT2D eigenvalue weighted by atomic mass is 19.1. The summed E-state index contributed by atoms with van der Waals surface area (Å²) in [6.07, 6.45) is 6.90. The Labute approximate surface area is 185 Å². The molecule has 0 saturated heterocycles. The van der Waals surface area contributed by atoms with E-state index in [4.69, 9.17) is 5.10 Å². The molecular weight excluding hydrogens is 407 g/mol. The van der Waals surface area contributed by atoms with Crippen molar-refractivity contribution >= 4 is 17.6 Å². The highest BCUT2D eigenvalue weighted by Crippen LogP contribution is 2.40. The van der Waals surface area contributed by atoms with Crippen LogP contribution >= 0.6 is 0 Å². The highest BCUT2D eigenvalue weighted by Gasteiger charge is 2.42. The molecule has 2 aliphatic carbocycles. The number of imide groups is 1. The number of pyridine rings is 1. The van der Waals surface area contributed by atoms with Gasteiger partial charge in [-0.25, -0.2) is 14.3 Å². The van der Waals surface area contributed by atoms with Gasteiger partial charge in [0.2, 0.25) is 11.8 Å². The molecule has 2 fully saturated rings. The molecule has 0 atom stereocenters. The fourth-order valence-corrected chi connectivity index (χ4v) is 4.50. The Kier molecular flexibility index (Phi) is 4.45. The van der Waals surface area contributed by atoms with Crippen LogP contribution in [0.2, 0.25) is 0 Å². The molecule has 32 heavy (non-hydrogen) atoms. The van der Waals surface area contributed by atoms with Crippen LogP contribution in [-0.4, -0.2) is 26.6 Å². The van der Waals surface area contributed by atoms with E-state index in [0.29, 0.717) is 5.82 Å². The molecule has 2 aromatic heterocycles. The molecule has 7 heteroatoms. The van der Waals surface area contributed by atoms with Crippen molar-refractivity contribution in [2.75, 3.05) is 4.90 Å². The molecule has 2 saturated carbocycles. The average Bonchev–Trinajstić information content (AvgIpc) is 3.72. The van der Waals surface area contributed by atoms with Gasteiger partial charge >= 0.3 is 0 Å². The highest BCUT2D eigenvalue weighted by molar-refractivity contribution is 6.17. The summed E-state index contributed by atoms with van der Waals surface area (Å²) in [6, 6.07) is 10.1. The van der Waals surface area contributed by atoms with Gasteiger partial charge in [-0.15, -0.1) is 0 Å². The van der Waals surface area contributed by atoms with E-state index in [-0.39, 0.29) is 29.5 Å². The van der Waals surface area contributed by atoms with Crippen LogP contribution in [0.5, 0.6) is 0 Å². The SMILES string of the molecule is O=C(C1CC1)N(C(=O)C1CC1)c1cc(-c2c(-c3ccc(F)cc3)nn3c2CCC3)ccn1. The molecule has 1 aromatic carbocycles. The lowest BCUT2D eigenvalue weighted by atomic mass is 9.98. The Bertz CT molecular complexity index is 1200. The third-order valence-corrected chi connectivity index (χ3v) is 6.52. The van der Waals surface area contributed by atoms with Crippen LogP contribution in [0.25, 0.3) is 22.4 Å². The molecule has 0 radical (unpaired) electrons. The zero-order valence-corrected chi connectivity index (χ0v) is 17.6. The minimum atomic E-state index is -0.291. The lowest BCUT2D eigenvalue weighted by Crippen LogP contribution is -2.39. The molecule has 6 nitrogen and oxygen atoms in total. The molecule has 0 N–H and O–H groups in total. The summed E-state index contributed by atoms with van der Waals surface area (Å²) in [7, 11) is 0. The summed E-state index contributed by atoms with van der Waals surface area (Å²) in [5.74, 6) is -0.312. The Balaban J connectivity index is 1.46. The first-order chi connectivity index (χ1) is 15.6. The standard InChI is InChI=1S/C25H23FN4O2/c26-19-9-7-15(8-10-19)23-22(20-2-1-13-29(20)28-23)18-11-12-27-21(14-18)30(24(31)16-3-4-16)25(32)17-5-6-17/h7-12,14,16-17H,1-6,13H2. The van der Waals surface area contributed by atoms with Gasteiger partial charge in [-0.2, -0.15) is 5.10 Å². The maximum atomic E-state index is 13.5. The van der Waals surface area contributed by atoms with Crippen LogP contribution in [0.1, 0.15) is 37.8 Å². The Morgan fingerprint density at radius 3 is 2.31 bits per heavy atom. The molecule has 3 aliphatic rings. The van der Waals surface area contributed by atoms with E-state index >= 15 is 0 Å². The number of nitrogens with zero attached hydrogens (tertiary/aromatic N) is 4. The van der Waals surface area contributed by atoms with Crippen molar-refractivity contribution in [2.45, 2.75) is 45.1 Å². The second-order valence-electron chi connectivity index (χ2n) is 8.97. The molecule has 162 valence electrons. The van der Waals surface area contributed by atoms with E-state index in [2.05, 4.69) is 4.98 Å². The number of carbonyl (C=O) groups excluding carboxylic acids is 2. The molecule has 3 aromatic rings. The third-order valence-electron chi connectivity index (χ3n) is 6.52. The summed E-state index contributed by atoms with van der Waals surface area (Å²) >= 11 is 0. The van der Waals surface area contributed by atoms with E-state index in [1.165, 1.54) is 17.0 Å². The molecular formula is C25H23FN4O2. The third kappa shape index (κ3) is 3.32. The maximum absolute atomic E-state index is 13.5. The number of halogens is 1. The molecule has 1 aliphatic heterocycles. The predicted octanol–water partition coefficient (Wildman–Crippen LogP) is 4.38. The first-order valence-corrected chi connectivity index (χ1v) is 11.3. The van der Waals surface area contributed by atoms with Crippen LogP contribution in [0.3, 0.4) is 0 Å². The van der Waals surface area contributed by atoms with Gasteiger partial charge < -0.3 is 0 Å². The number of amides is 2. The Morgan fingerprint density at radius 1 is 0.969 bits per heavy atom. The average molecular weight is 430 g/mol. The van der Waals surface area contributed by atoms with Crippen molar-refractivity contribution in [3.63, 3.8) is 0 Å². The van der Waals surface area contributed by atoms with Gasteiger partial charge in [-0.1, -0.05) is 0 Å². The van der Waals surface area contributed by atoms with Crippen LogP contribution in [0.15, 0.2) is 42.6 Å². The largest absolute Gasteiger partial charge is 0.274 e. The fourth-order valence-electron chi connectivity index (χ4n) is 4.50. The van der Waals surface area contributed by atoms with E-state index in [0.717, 1.165) is 73.1 Å². The van der Waals surface area contributed by atoms with E-state index in [1.807, 2.05) is 16.8 Å². The quantitative estimate of drug-likeness (QED) is 0.564. The fraction of sp³-hybridized carbons (Fsp3) is 0.360. The Morgan fingerprint density at radius 2 is 1.66 bits per heavy atom. The van der Waals surface area contributed by atoms with E-state index in [9.17, 15) is 14.0 Å². The summed E-state index contributed by atoms with van der Waals surface area (Å²) in [4.78, 5) is 31.7. The first kappa shape index (κ1) is 19.3. The summed E-state index contributed by atoms with van der Waals surface area (Å²) in [5.41, 5.74) is 4.58. The lowest BCUT2D eigenvalue weighted by molar-refractivity contribution is -0.127. The minimum Gasteiger partial charge on any atom is -0.274 e. The number of benzene rings is 1. The molecule has 0 spiro atoms. The second-order valence-corrected chi connectivity index (χ2v) is 8.97. The van der Waals surface area contributed by atoms with Gasteiger partial charge in [0.15, 0.2) is 0 Å². The van der Waals surface area contributed by atoms with Crippen molar-refractivity contribution in [3.8, 4) is 22.4 Å². The number of carbonyl (C=O) groups is 2. The zero-order valence-electron chi connectivity index (χ0n) is 17.6. The topological polar surface area (TPSA) is 68.1 Å². The first-order valence-electron chi connectivity index (χ1n) is 11.3. The van der Waals surface area contributed by atoms with E-state index in [1.54, 1.807) is 18.3 Å². The van der Waals surface area contributed by atoms with Crippen LogP contribution in [0.4, 0.5) is 10.2 Å². The number of fused-ring (bicyclic) bond motifs is 1. The van der Waals surface area contributed by atoms with Crippen molar-refractivity contribution in [2.24, 2.45) is 11.8 Å². The minimum absolute atomic E-state index is 0.0710. The van der Waals surface area contributed by atoms with Crippen molar-refractivity contribution in [1.29, 1.82) is 0 Å². The van der Waals surface area contributed by atoms with Crippen LogP contribution in [0, 0.1) is 17.7 Å². The normalized spacial score (nSPS) is 17.3. The van der Waals surface area contributed by atoms with Crippen LogP contribution < -0.4 is 4.90 Å². The molecule has 3 heterocycles. The van der Waals surface area contributed by atoms with E-state index < -0.39 is 0 Å². The van der Waals surface area contributed by atoms with Gasteiger partial charge in [-0.3, -0.25) is 14.3 Å². The number of anilines is 1. The monoisotopic (exact) mass is 430 g/mol. The van der Waals surface area contributed by atoms with Gasteiger partial charge in [0.05, 0.1) is 0 Å².